The Morgan fingerprint density at radius 3 is 2.54 bits per heavy atom. The number of methoxy groups -OCH3 is 1. The molecule has 0 aliphatic carbocycles. The number of likely N-dealkylation sites (N-methyl/N-ethyl adjacent to an activating group) is 2. The minimum atomic E-state index is 0. The predicted molar refractivity (Wildman–Crippen MR) is 109 cm³/mol. The third kappa shape index (κ3) is 4.99. The number of amides is 1. The van der Waals surface area contributed by atoms with E-state index in [2.05, 4.69) is 15.4 Å². The standard InChI is InChI=1S/C17H27N5O2.2ClH/c1-11-13(7-8-14(23)21(4)10-9-18-3)12(2)19-16-15(11)17(24-6)20-22(16)5;;/h18H,7-10H2,1-6H3;2*1H. The van der Waals surface area contributed by atoms with Crippen LogP contribution in [0.15, 0.2) is 0 Å². The molecule has 1 N–H and O–H groups in total. The Morgan fingerprint density at radius 2 is 1.96 bits per heavy atom. The van der Waals surface area contributed by atoms with Crippen molar-refractivity contribution in [3.8, 4) is 5.88 Å². The molecule has 0 fully saturated rings. The smallest absolute Gasteiger partial charge is 0.242 e. The summed E-state index contributed by atoms with van der Waals surface area (Å²) >= 11 is 0. The first kappa shape index (κ1) is 24.4. The van der Waals surface area contributed by atoms with Crippen molar-refractivity contribution in [2.75, 3.05) is 34.3 Å². The number of fused-ring (bicyclic) bond motifs is 1. The number of halogens is 2. The lowest BCUT2D eigenvalue weighted by Gasteiger charge is -2.17. The summed E-state index contributed by atoms with van der Waals surface area (Å²) in [5, 5.41) is 8.34. The Morgan fingerprint density at radius 1 is 1.31 bits per heavy atom. The maximum atomic E-state index is 12.3. The number of aromatic nitrogens is 3. The molecule has 0 bridgehead atoms. The van der Waals surface area contributed by atoms with Gasteiger partial charge >= 0.3 is 0 Å². The highest BCUT2D eigenvalue weighted by atomic mass is 35.5. The fourth-order valence-electron chi connectivity index (χ4n) is 2.93. The molecule has 148 valence electrons. The van der Waals surface area contributed by atoms with E-state index in [1.54, 1.807) is 16.7 Å². The van der Waals surface area contributed by atoms with Crippen LogP contribution in [0.3, 0.4) is 0 Å². The van der Waals surface area contributed by atoms with Crippen LogP contribution in [0, 0.1) is 13.8 Å². The molecule has 2 rings (SSSR count). The van der Waals surface area contributed by atoms with E-state index in [1.165, 1.54) is 0 Å². The Balaban J connectivity index is 0.00000312. The first-order valence-corrected chi connectivity index (χ1v) is 8.16. The lowest BCUT2D eigenvalue weighted by molar-refractivity contribution is -0.129. The number of ether oxygens (including phenoxy) is 1. The van der Waals surface area contributed by atoms with Crippen LogP contribution in [0.2, 0.25) is 0 Å². The molecule has 0 radical (unpaired) electrons. The molecule has 0 aliphatic heterocycles. The highest BCUT2D eigenvalue weighted by Gasteiger charge is 2.19. The third-order valence-electron chi connectivity index (χ3n) is 4.43. The first-order valence-electron chi connectivity index (χ1n) is 8.16. The van der Waals surface area contributed by atoms with Crippen LogP contribution in [0.5, 0.6) is 5.88 Å². The maximum absolute atomic E-state index is 12.3. The van der Waals surface area contributed by atoms with Gasteiger partial charge in [0.1, 0.15) is 0 Å². The molecular weight excluding hydrogens is 377 g/mol. The summed E-state index contributed by atoms with van der Waals surface area (Å²) in [6.45, 7) is 5.53. The third-order valence-corrected chi connectivity index (χ3v) is 4.43. The zero-order valence-electron chi connectivity index (χ0n) is 16.3. The van der Waals surface area contributed by atoms with Gasteiger partial charge in [0.05, 0.1) is 12.5 Å². The molecule has 2 aromatic rings. The molecule has 0 saturated carbocycles. The van der Waals surface area contributed by atoms with Crippen molar-refractivity contribution < 1.29 is 9.53 Å². The Kier molecular flexibility index (Phi) is 9.91. The van der Waals surface area contributed by atoms with E-state index in [0.717, 1.165) is 34.4 Å². The highest BCUT2D eigenvalue weighted by Crippen LogP contribution is 2.30. The Bertz CT molecular complexity index is 749. The molecule has 2 heterocycles. The number of rotatable bonds is 7. The monoisotopic (exact) mass is 405 g/mol. The highest BCUT2D eigenvalue weighted by molar-refractivity contribution is 5.86. The van der Waals surface area contributed by atoms with Gasteiger partial charge in [-0.3, -0.25) is 4.79 Å². The molecule has 0 aromatic carbocycles. The van der Waals surface area contributed by atoms with E-state index in [1.807, 2.05) is 35.0 Å². The average molecular weight is 406 g/mol. The van der Waals surface area contributed by atoms with Gasteiger partial charge in [-0.1, -0.05) is 0 Å². The van der Waals surface area contributed by atoms with Crippen LogP contribution in [-0.4, -0.2) is 59.9 Å². The molecule has 0 atom stereocenters. The molecule has 26 heavy (non-hydrogen) atoms. The minimum Gasteiger partial charge on any atom is -0.479 e. The first-order chi connectivity index (χ1) is 11.4. The van der Waals surface area contributed by atoms with Gasteiger partial charge in [-0.25, -0.2) is 9.67 Å². The van der Waals surface area contributed by atoms with E-state index in [9.17, 15) is 4.79 Å². The molecular formula is C17H29Cl2N5O2. The van der Waals surface area contributed by atoms with Crippen LogP contribution in [0.25, 0.3) is 11.0 Å². The normalized spacial score (nSPS) is 10.2. The van der Waals surface area contributed by atoms with Crippen molar-refractivity contribution in [3.63, 3.8) is 0 Å². The fourth-order valence-corrected chi connectivity index (χ4v) is 2.93. The number of carbonyl (C=O) groups is 1. The average Bonchev–Trinajstić information content (AvgIpc) is 2.88. The van der Waals surface area contributed by atoms with Crippen LogP contribution in [0.1, 0.15) is 23.2 Å². The van der Waals surface area contributed by atoms with Gasteiger partial charge in [0.2, 0.25) is 11.8 Å². The maximum Gasteiger partial charge on any atom is 0.242 e. The van der Waals surface area contributed by atoms with Crippen LogP contribution < -0.4 is 10.1 Å². The summed E-state index contributed by atoms with van der Waals surface area (Å²) in [4.78, 5) is 18.7. The minimum absolute atomic E-state index is 0. The van der Waals surface area contributed by atoms with Crippen molar-refractivity contribution in [1.82, 2.24) is 25.0 Å². The number of nitrogens with one attached hydrogen (secondary N) is 1. The lowest BCUT2D eigenvalue weighted by Crippen LogP contribution is -2.32. The summed E-state index contributed by atoms with van der Waals surface area (Å²) in [5.74, 6) is 0.721. The lowest BCUT2D eigenvalue weighted by atomic mass is 10.00. The molecule has 1 amide bonds. The SMILES string of the molecule is CNCCN(C)C(=O)CCc1c(C)nc2c(c(OC)nn2C)c1C.Cl.Cl. The van der Waals surface area contributed by atoms with E-state index in [-0.39, 0.29) is 30.7 Å². The van der Waals surface area contributed by atoms with E-state index < -0.39 is 0 Å². The molecule has 2 aromatic heterocycles. The second kappa shape index (κ2) is 10.5. The van der Waals surface area contributed by atoms with Gasteiger partial charge in [0.25, 0.3) is 0 Å². The van der Waals surface area contributed by atoms with E-state index in [0.29, 0.717) is 25.3 Å². The molecule has 9 heteroatoms. The fraction of sp³-hybridized carbons (Fsp3) is 0.588. The van der Waals surface area contributed by atoms with Gasteiger partial charge in [0.15, 0.2) is 5.65 Å². The molecule has 0 spiro atoms. The van der Waals surface area contributed by atoms with E-state index >= 15 is 0 Å². The molecule has 0 aliphatic rings. The van der Waals surface area contributed by atoms with Crippen LogP contribution in [-0.2, 0) is 18.3 Å². The van der Waals surface area contributed by atoms with E-state index in [4.69, 9.17) is 4.74 Å². The van der Waals surface area contributed by atoms with Crippen molar-refractivity contribution in [2.45, 2.75) is 26.7 Å². The largest absolute Gasteiger partial charge is 0.479 e. The topological polar surface area (TPSA) is 72.3 Å². The second-order valence-corrected chi connectivity index (χ2v) is 6.05. The number of carbonyl (C=O) groups excluding carboxylic acids is 1. The number of hydrogen-bond acceptors (Lipinski definition) is 5. The number of aryl methyl sites for hydroxylation is 3. The zero-order valence-corrected chi connectivity index (χ0v) is 17.9. The van der Waals surface area contributed by atoms with Crippen molar-refractivity contribution >= 4 is 41.8 Å². The summed E-state index contributed by atoms with van der Waals surface area (Å²) in [7, 11) is 7.19. The van der Waals surface area contributed by atoms with Crippen LogP contribution in [0.4, 0.5) is 0 Å². The molecule has 7 nitrogen and oxygen atoms in total. The van der Waals surface area contributed by atoms with Crippen molar-refractivity contribution in [3.05, 3.63) is 16.8 Å². The zero-order chi connectivity index (χ0) is 17.9. The predicted octanol–water partition coefficient (Wildman–Crippen LogP) is 2.05. The number of nitrogens with zero attached hydrogens (tertiary/aromatic N) is 4. The number of pyridine rings is 1. The van der Waals surface area contributed by atoms with Gasteiger partial charge in [-0.2, -0.15) is 0 Å². The van der Waals surface area contributed by atoms with Gasteiger partial charge < -0.3 is 15.0 Å². The Labute approximate surface area is 167 Å². The molecule has 0 unspecified atom stereocenters. The summed E-state index contributed by atoms with van der Waals surface area (Å²) in [5.41, 5.74) is 3.94. The van der Waals surface area contributed by atoms with Gasteiger partial charge in [-0.15, -0.1) is 29.9 Å². The quantitative estimate of drug-likeness (QED) is 0.762. The van der Waals surface area contributed by atoms with Crippen molar-refractivity contribution in [1.29, 1.82) is 0 Å². The van der Waals surface area contributed by atoms with Gasteiger partial charge in [-0.05, 0) is 38.4 Å². The van der Waals surface area contributed by atoms with Crippen LogP contribution >= 0.6 is 24.8 Å². The van der Waals surface area contributed by atoms with Gasteiger partial charge in [0, 0.05) is 39.3 Å². The summed E-state index contributed by atoms with van der Waals surface area (Å²) in [6, 6.07) is 0. The summed E-state index contributed by atoms with van der Waals surface area (Å²) in [6.07, 6.45) is 1.14. The number of hydrogen-bond donors (Lipinski definition) is 1. The summed E-state index contributed by atoms with van der Waals surface area (Å²) < 4.78 is 7.11. The van der Waals surface area contributed by atoms with Crippen molar-refractivity contribution in [2.24, 2.45) is 7.05 Å². The Hall–Kier alpha value is -1.57. The molecule has 0 saturated heterocycles. The second-order valence-electron chi connectivity index (χ2n) is 6.05.